The zero-order valence-corrected chi connectivity index (χ0v) is 15.3. The number of H-pyrrole nitrogens is 1. The van der Waals surface area contributed by atoms with E-state index in [-0.39, 0.29) is 11.7 Å². The fourth-order valence-electron chi connectivity index (χ4n) is 2.97. The van der Waals surface area contributed by atoms with Crippen LogP contribution in [0.15, 0.2) is 60.8 Å². The molecule has 140 valence electrons. The van der Waals surface area contributed by atoms with Gasteiger partial charge in [-0.1, -0.05) is 18.2 Å². The number of carbonyl (C=O) groups is 1. The zero-order valence-electron chi connectivity index (χ0n) is 15.3. The van der Waals surface area contributed by atoms with E-state index in [1.807, 2.05) is 18.2 Å². The summed E-state index contributed by atoms with van der Waals surface area (Å²) in [5.41, 5.74) is 2.95. The molecule has 0 atom stereocenters. The lowest BCUT2D eigenvalue weighted by atomic mass is 10.1. The van der Waals surface area contributed by atoms with E-state index in [4.69, 9.17) is 0 Å². The molecule has 1 amide bonds. The number of carbonyl (C=O) groups excluding carboxylic acids is 1. The summed E-state index contributed by atoms with van der Waals surface area (Å²) in [5, 5.41) is 9.72. The first-order chi connectivity index (χ1) is 13.2. The Hall–Kier alpha value is -3.15. The number of rotatable bonds is 8. The summed E-state index contributed by atoms with van der Waals surface area (Å²) < 4.78 is 13.1. The maximum Gasteiger partial charge on any atom is 0.255 e. The van der Waals surface area contributed by atoms with Crippen molar-refractivity contribution in [3.8, 4) is 11.3 Å². The van der Waals surface area contributed by atoms with Crippen LogP contribution in [0.4, 0.5) is 10.1 Å². The average molecular weight is 366 g/mol. The topological polar surface area (TPSA) is 61.0 Å². The number of hydrogen-bond acceptors (Lipinski definition) is 3. The summed E-state index contributed by atoms with van der Waals surface area (Å²) >= 11 is 0. The monoisotopic (exact) mass is 366 g/mol. The minimum absolute atomic E-state index is 0.189. The van der Waals surface area contributed by atoms with Gasteiger partial charge in [-0.25, -0.2) is 4.39 Å². The number of amides is 1. The van der Waals surface area contributed by atoms with E-state index in [1.165, 1.54) is 24.0 Å². The highest BCUT2D eigenvalue weighted by Crippen LogP contribution is 2.21. The van der Waals surface area contributed by atoms with Crippen LogP contribution in [-0.2, 0) is 0 Å². The molecule has 5 nitrogen and oxygen atoms in total. The van der Waals surface area contributed by atoms with Crippen LogP contribution in [0, 0.1) is 5.82 Å². The van der Waals surface area contributed by atoms with Crippen LogP contribution in [-0.4, -0.2) is 35.7 Å². The van der Waals surface area contributed by atoms with Crippen molar-refractivity contribution in [2.45, 2.75) is 13.3 Å². The molecule has 0 spiro atoms. The number of nitrogens with one attached hydrogen (secondary N) is 2. The third-order valence-corrected chi connectivity index (χ3v) is 4.41. The molecule has 0 saturated carbocycles. The highest BCUT2D eigenvalue weighted by Gasteiger charge is 2.15. The van der Waals surface area contributed by atoms with Gasteiger partial charge in [0.05, 0.1) is 17.5 Å². The standard InChI is InChI=1S/C21H23FN4O/c1-2-26(18-7-4-3-5-8-18)14-6-13-23-21(27)19-15-24-25-20(19)16-9-11-17(22)12-10-16/h3-5,7-12,15H,2,6,13-14H2,1H3,(H,23,27)(H,24,25). The second-order valence-corrected chi connectivity index (χ2v) is 6.19. The Morgan fingerprint density at radius 2 is 1.89 bits per heavy atom. The summed E-state index contributed by atoms with van der Waals surface area (Å²) in [6.45, 7) is 4.45. The van der Waals surface area contributed by atoms with Crippen molar-refractivity contribution in [2.24, 2.45) is 0 Å². The van der Waals surface area contributed by atoms with Crippen LogP contribution in [0.25, 0.3) is 11.3 Å². The van der Waals surface area contributed by atoms with Gasteiger partial charge >= 0.3 is 0 Å². The Labute approximate surface area is 158 Å². The van der Waals surface area contributed by atoms with Crippen molar-refractivity contribution in [1.82, 2.24) is 15.5 Å². The number of halogens is 1. The van der Waals surface area contributed by atoms with E-state index in [1.54, 1.807) is 12.1 Å². The van der Waals surface area contributed by atoms with Gasteiger partial charge in [-0.05, 0) is 49.7 Å². The Morgan fingerprint density at radius 3 is 2.59 bits per heavy atom. The summed E-state index contributed by atoms with van der Waals surface area (Å²) in [5.74, 6) is -0.506. The predicted molar refractivity (Wildman–Crippen MR) is 105 cm³/mol. The van der Waals surface area contributed by atoms with E-state index >= 15 is 0 Å². The van der Waals surface area contributed by atoms with E-state index in [2.05, 4.69) is 39.5 Å². The Bertz CT molecular complexity index is 861. The molecule has 27 heavy (non-hydrogen) atoms. The van der Waals surface area contributed by atoms with E-state index in [0.29, 0.717) is 17.8 Å². The third-order valence-electron chi connectivity index (χ3n) is 4.41. The summed E-state index contributed by atoms with van der Waals surface area (Å²) in [4.78, 5) is 14.8. The van der Waals surface area contributed by atoms with E-state index < -0.39 is 0 Å². The predicted octanol–water partition coefficient (Wildman–Crippen LogP) is 3.86. The Kier molecular flexibility index (Phi) is 6.20. The van der Waals surface area contributed by atoms with Crippen LogP contribution in [0.3, 0.4) is 0 Å². The van der Waals surface area contributed by atoms with Crippen LogP contribution in [0.5, 0.6) is 0 Å². The molecule has 1 heterocycles. The summed E-state index contributed by atoms with van der Waals surface area (Å²) in [7, 11) is 0. The number of para-hydroxylation sites is 1. The molecule has 0 aliphatic carbocycles. The minimum atomic E-state index is -0.317. The third kappa shape index (κ3) is 4.73. The van der Waals surface area contributed by atoms with Crippen molar-refractivity contribution in [1.29, 1.82) is 0 Å². The van der Waals surface area contributed by atoms with Crippen LogP contribution in [0.2, 0.25) is 0 Å². The molecule has 3 rings (SSSR count). The normalized spacial score (nSPS) is 10.6. The SMILES string of the molecule is CCN(CCCNC(=O)c1cn[nH]c1-c1ccc(F)cc1)c1ccccc1. The van der Waals surface area contributed by atoms with Crippen LogP contribution in [0.1, 0.15) is 23.7 Å². The molecule has 3 aromatic rings. The molecule has 0 fully saturated rings. The van der Waals surface area contributed by atoms with E-state index in [0.717, 1.165) is 25.1 Å². The average Bonchev–Trinajstić information content (AvgIpc) is 3.19. The van der Waals surface area contributed by atoms with Gasteiger partial charge < -0.3 is 10.2 Å². The minimum Gasteiger partial charge on any atom is -0.372 e. The lowest BCUT2D eigenvalue weighted by Crippen LogP contribution is -2.30. The van der Waals surface area contributed by atoms with Gasteiger partial charge in [-0.3, -0.25) is 9.89 Å². The highest BCUT2D eigenvalue weighted by molar-refractivity contribution is 5.99. The van der Waals surface area contributed by atoms with Crippen molar-refractivity contribution in [3.05, 3.63) is 72.2 Å². The second-order valence-electron chi connectivity index (χ2n) is 6.19. The van der Waals surface area contributed by atoms with E-state index in [9.17, 15) is 9.18 Å². The highest BCUT2D eigenvalue weighted by atomic mass is 19.1. The van der Waals surface area contributed by atoms with Crippen LogP contribution >= 0.6 is 0 Å². The molecule has 0 radical (unpaired) electrons. The van der Waals surface area contributed by atoms with Crippen LogP contribution < -0.4 is 10.2 Å². The Morgan fingerprint density at radius 1 is 1.15 bits per heavy atom. The molecule has 0 aliphatic rings. The van der Waals surface area contributed by atoms with Gasteiger partial charge in [0, 0.05) is 30.9 Å². The zero-order chi connectivity index (χ0) is 19.1. The van der Waals surface area contributed by atoms with Crippen molar-refractivity contribution in [3.63, 3.8) is 0 Å². The van der Waals surface area contributed by atoms with Crippen molar-refractivity contribution in [2.75, 3.05) is 24.5 Å². The molecule has 0 aliphatic heterocycles. The Balaban J connectivity index is 1.54. The fraction of sp³-hybridized carbons (Fsp3) is 0.238. The quantitative estimate of drug-likeness (QED) is 0.595. The molecule has 0 saturated heterocycles. The molecule has 2 N–H and O–H groups in total. The molecular weight excluding hydrogens is 343 g/mol. The number of hydrogen-bond donors (Lipinski definition) is 2. The number of nitrogens with zero attached hydrogens (tertiary/aromatic N) is 2. The maximum atomic E-state index is 13.1. The largest absolute Gasteiger partial charge is 0.372 e. The fourth-order valence-corrected chi connectivity index (χ4v) is 2.97. The first-order valence-corrected chi connectivity index (χ1v) is 9.06. The molecule has 6 heteroatoms. The molecular formula is C21H23FN4O. The lowest BCUT2D eigenvalue weighted by Gasteiger charge is -2.23. The second kappa shape index (κ2) is 8.98. The molecule has 2 aromatic carbocycles. The lowest BCUT2D eigenvalue weighted by molar-refractivity contribution is 0.0954. The molecule has 0 unspecified atom stereocenters. The number of aromatic nitrogens is 2. The van der Waals surface area contributed by atoms with Gasteiger partial charge in [0.2, 0.25) is 0 Å². The smallest absolute Gasteiger partial charge is 0.255 e. The van der Waals surface area contributed by atoms with Gasteiger partial charge in [0.25, 0.3) is 5.91 Å². The first-order valence-electron chi connectivity index (χ1n) is 9.06. The summed E-state index contributed by atoms with van der Waals surface area (Å²) in [6.07, 6.45) is 2.33. The number of aromatic amines is 1. The van der Waals surface area contributed by atoms with Gasteiger partial charge in [0.1, 0.15) is 5.82 Å². The van der Waals surface area contributed by atoms with Gasteiger partial charge in [-0.2, -0.15) is 5.10 Å². The van der Waals surface area contributed by atoms with Crippen molar-refractivity contribution >= 4 is 11.6 Å². The molecule has 0 bridgehead atoms. The maximum absolute atomic E-state index is 13.1. The summed E-state index contributed by atoms with van der Waals surface area (Å²) in [6, 6.07) is 16.2. The van der Waals surface area contributed by atoms with Gasteiger partial charge in [0.15, 0.2) is 0 Å². The number of benzene rings is 2. The van der Waals surface area contributed by atoms with Crippen molar-refractivity contribution < 1.29 is 9.18 Å². The molecule has 1 aromatic heterocycles. The number of anilines is 1. The van der Waals surface area contributed by atoms with Gasteiger partial charge in [-0.15, -0.1) is 0 Å². The first kappa shape index (κ1) is 18.6.